The molecule has 0 unspecified atom stereocenters. The van der Waals surface area contributed by atoms with Crippen LogP contribution in [0.4, 0.5) is 17.3 Å². The molecule has 0 atom stereocenters. The molecule has 0 amide bonds. The van der Waals surface area contributed by atoms with Gasteiger partial charge in [-0.1, -0.05) is 0 Å². The maximum absolute atomic E-state index is 8.95. The third-order valence-electron chi connectivity index (χ3n) is 5.46. The fourth-order valence-electron chi connectivity index (χ4n) is 3.92. The standard InChI is InChI=1S/C21H26N6/c1-17-23-20(26-9-3-2-4-10-26)15-21(24-17)27-13-11-25(12-14-27)19-7-5-18(16-22)6-8-19/h5-8,15H,2-4,9-14H2,1H3. The van der Waals surface area contributed by atoms with Crippen molar-refractivity contribution in [3.8, 4) is 6.07 Å². The van der Waals surface area contributed by atoms with Crippen LogP contribution in [0.3, 0.4) is 0 Å². The maximum Gasteiger partial charge on any atom is 0.134 e. The second-order valence-corrected chi connectivity index (χ2v) is 7.31. The van der Waals surface area contributed by atoms with Gasteiger partial charge in [0.15, 0.2) is 0 Å². The normalized spacial score (nSPS) is 17.7. The number of benzene rings is 1. The van der Waals surface area contributed by atoms with E-state index in [1.54, 1.807) is 0 Å². The third kappa shape index (κ3) is 3.97. The van der Waals surface area contributed by atoms with Gasteiger partial charge in [-0.25, -0.2) is 9.97 Å². The Morgan fingerprint density at radius 2 is 1.33 bits per heavy atom. The molecule has 0 spiro atoms. The van der Waals surface area contributed by atoms with Gasteiger partial charge in [-0.2, -0.15) is 5.26 Å². The van der Waals surface area contributed by atoms with Gasteiger partial charge in [0.1, 0.15) is 17.5 Å². The zero-order valence-electron chi connectivity index (χ0n) is 15.9. The lowest BCUT2D eigenvalue weighted by atomic mass is 10.1. The van der Waals surface area contributed by atoms with Gasteiger partial charge < -0.3 is 14.7 Å². The van der Waals surface area contributed by atoms with E-state index in [1.807, 2.05) is 31.2 Å². The molecule has 0 aliphatic carbocycles. The molecule has 1 aromatic heterocycles. The summed E-state index contributed by atoms with van der Waals surface area (Å²) in [6.45, 7) is 7.97. The highest BCUT2D eigenvalue weighted by molar-refractivity contribution is 5.54. The highest BCUT2D eigenvalue weighted by Crippen LogP contribution is 2.24. The van der Waals surface area contributed by atoms with E-state index in [0.29, 0.717) is 5.56 Å². The molecule has 0 bridgehead atoms. The molecule has 140 valence electrons. The first-order valence-corrected chi connectivity index (χ1v) is 9.83. The first-order chi connectivity index (χ1) is 13.2. The Labute approximate surface area is 161 Å². The lowest BCUT2D eigenvalue weighted by molar-refractivity contribution is 0.572. The minimum absolute atomic E-state index is 0.707. The zero-order valence-corrected chi connectivity index (χ0v) is 15.9. The van der Waals surface area contributed by atoms with E-state index < -0.39 is 0 Å². The molecule has 3 heterocycles. The third-order valence-corrected chi connectivity index (χ3v) is 5.46. The minimum atomic E-state index is 0.707. The summed E-state index contributed by atoms with van der Waals surface area (Å²) in [7, 11) is 0. The number of nitrogens with zero attached hydrogens (tertiary/aromatic N) is 6. The molecule has 4 rings (SSSR count). The Bertz CT molecular complexity index is 812. The number of hydrogen-bond acceptors (Lipinski definition) is 6. The molecule has 2 aliphatic rings. The van der Waals surface area contributed by atoms with E-state index in [2.05, 4.69) is 31.8 Å². The van der Waals surface area contributed by atoms with Crippen LogP contribution in [0.5, 0.6) is 0 Å². The van der Waals surface area contributed by atoms with Crippen LogP contribution in [-0.2, 0) is 0 Å². The first kappa shape index (κ1) is 17.6. The van der Waals surface area contributed by atoms with Crippen LogP contribution in [0, 0.1) is 18.3 Å². The van der Waals surface area contributed by atoms with Gasteiger partial charge in [0.05, 0.1) is 11.6 Å². The predicted octanol–water partition coefficient (Wildman–Crippen LogP) is 2.97. The van der Waals surface area contributed by atoms with E-state index >= 15 is 0 Å². The van der Waals surface area contributed by atoms with Crippen molar-refractivity contribution in [1.82, 2.24) is 9.97 Å². The molecule has 0 N–H and O–H groups in total. The predicted molar refractivity (Wildman–Crippen MR) is 108 cm³/mol. The molecule has 2 fully saturated rings. The molecule has 2 aliphatic heterocycles. The summed E-state index contributed by atoms with van der Waals surface area (Å²) >= 11 is 0. The van der Waals surface area contributed by atoms with Crippen molar-refractivity contribution in [3.63, 3.8) is 0 Å². The summed E-state index contributed by atoms with van der Waals surface area (Å²) in [4.78, 5) is 16.5. The van der Waals surface area contributed by atoms with Gasteiger partial charge in [0, 0.05) is 51.0 Å². The molecule has 2 saturated heterocycles. The van der Waals surface area contributed by atoms with Crippen LogP contribution in [-0.4, -0.2) is 49.2 Å². The first-order valence-electron chi connectivity index (χ1n) is 9.83. The largest absolute Gasteiger partial charge is 0.368 e. The SMILES string of the molecule is Cc1nc(N2CCCCC2)cc(N2CCN(c3ccc(C#N)cc3)CC2)n1. The molecule has 0 saturated carbocycles. The number of aryl methyl sites for hydroxylation is 1. The van der Waals surface area contributed by atoms with Crippen molar-refractivity contribution < 1.29 is 0 Å². The van der Waals surface area contributed by atoms with Crippen LogP contribution in [0.15, 0.2) is 30.3 Å². The van der Waals surface area contributed by atoms with Crippen molar-refractivity contribution in [1.29, 1.82) is 5.26 Å². The van der Waals surface area contributed by atoms with Gasteiger partial charge >= 0.3 is 0 Å². The maximum atomic E-state index is 8.95. The Balaban J connectivity index is 1.44. The van der Waals surface area contributed by atoms with Gasteiger partial charge in [-0.3, -0.25) is 0 Å². The molecular formula is C21H26N6. The molecule has 6 nitrogen and oxygen atoms in total. The van der Waals surface area contributed by atoms with E-state index in [9.17, 15) is 0 Å². The summed E-state index contributed by atoms with van der Waals surface area (Å²) in [6, 6.07) is 12.2. The summed E-state index contributed by atoms with van der Waals surface area (Å²) in [5.41, 5.74) is 1.89. The number of rotatable bonds is 3. The topological polar surface area (TPSA) is 59.3 Å². The Kier molecular flexibility index (Phi) is 5.10. The van der Waals surface area contributed by atoms with E-state index in [0.717, 1.165) is 56.7 Å². The van der Waals surface area contributed by atoms with Gasteiger partial charge in [-0.15, -0.1) is 0 Å². The summed E-state index contributed by atoms with van der Waals surface area (Å²) in [6.07, 6.45) is 3.83. The van der Waals surface area contributed by atoms with Crippen molar-refractivity contribution in [3.05, 3.63) is 41.7 Å². The summed E-state index contributed by atoms with van der Waals surface area (Å²) in [5, 5.41) is 8.95. The second-order valence-electron chi connectivity index (χ2n) is 7.31. The highest BCUT2D eigenvalue weighted by atomic mass is 15.3. The monoisotopic (exact) mass is 362 g/mol. The fourth-order valence-corrected chi connectivity index (χ4v) is 3.92. The summed E-state index contributed by atoms with van der Waals surface area (Å²) in [5.74, 6) is 2.97. The number of piperazine rings is 1. The van der Waals surface area contributed by atoms with Crippen LogP contribution in [0.25, 0.3) is 0 Å². The van der Waals surface area contributed by atoms with Crippen molar-refractivity contribution in [2.24, 2.45) is 0 Å². The molecule has 27 heavy (non-hydrogen) atoms. The average Bonchev–Trinajstić information content (AvgIpc) is 2.74. The number of aromatic nitrogens is 2. The Hall–Kier alpha value is -2.81. The second kappa shape index (κ2) is 7.83. The van der Waals surface area contributed by atoms with Crippen LogP contribution < -0.4 is 14.7 Å². The number of nitriles is 1. The smallest absolute Gasteiger partial charge is 0.134 e. The van der Waals surface area contributed by atoms with Crippen molar-refractivity contribution >= 4 is 17.3 Å². The van der Waals surface area contributed by atoms with Crippen LogP contribution >= 0.6 is 0 Å². The quantitative estimate of drug-likeness (QED) is 0.837. The molecule has 2 aromatic rings. The minimum Gasteiger partial charge on any atom is -0.368 e. The lowest BCUT2D eigenvalue weighted by Crippen LogP contribution is -2.47. The van der Waals surface area contributed by atoms with E-state index in [-0.39, 0.29) is 0 Å². The average molecular weight is 362 g/mol. The molecular weight excluding hydrogens is 336 g/mol. The zero-order chi connectivity index (χ0) is 18.6. The van der Waals surface area contributed by atoms with Crippen LogP contribution in [0.1, 0.15) is 30.7 Å². The molecule has 0 radical (unpaired) electrons. The number of piperidine rings is 1. The van der Waals surface area contributed by atoms with Gasteiger partial charge in [0.25, 0.3) is 0 Å². The number of hydrogen-bond donors (Lipinski definition) is 0. The molecule has 1 aromatic carbocycles. The summed E-state index contributed by atoms with van der Waals surface area (Å²) < 4.78 is 0. The lowest BCUT2D eigenvalue weighted by Gasteiger charge is -2.37. The van der Waals surface area contributed by atoms with Crippen molar-refractivity contribution in [2.45, 2.75) is 26.2 Å². The van der Waals surface area contributed by atoms with E-state index in [4.69, 9.17) is 10.2 Å². The van der Waals surface area contributed by atoms with E-state index in [1.165, 1.54) is 24.9 Å². The Morgan fingerprint density at radius 3 is 1.93 bits per heavy atom. The van der Waals surface area contributed by atoms with Gasteiger partial charge in [0.2, 0.25) is 0 Å². The van der Waals surface area contributed by atoms with Gasteiger partial charge in [-0.05, 0) is 50.5 Å². The van der Waals surface area contributed by atoms with Crippen LogP contribution in [0.2, 0.25) is 0 Å². The van der Waals surface area contributed by atoms with Crippen molar-refractivity contribution in [2.75, 3.05) is 54.0 Å². The molecule has 6 heteroatoms. The number of anilines is 3. The highest BCUT2D eigenvalue weighted by Gasteiger charge is 2.21. The Morgan fingerprint density at radius 1 is 0.778 bits per heavy atom. The fraction of sp³-hybridized carbons (Fsp3) is 0.476.